The van der Waals surface area contributed by atoms with E-state index < -0.39 is 0 Å². The van der Waals surface area contributed by atoms with Crippen LogP contribution < -0.4 is 0 Å². The second kappa shape index (κ2) is 3.01. The van der Waals surface area contributed by atoms with Crippen molar-refractivity contribution < 1.29 is 0 Å². The standard InChI is InChI=1S/C10H11N3/c1-8-7-13(2)12-10(8)9-4-3-5-11-6-9/h3-7H,1-2H3. The Morgan fingerprint density at radius 2 is 2.23 bits per heavy atom. The Bertz CT molecular complexity index is 403. The van der Waals surface area contributed by atoms with Gasteiger partial charge in [-0.05, 0) is 24.6 Å². The zero-order valence-corrected chi connectivity index (χ0v) is 7.73. The van der Waals surface area contributed by atoms with Crippen molar-refractivity contribution in [3.63, 3.8) is 0 Å². The van der Waals surface area contributed by atoms with Crippen molar-refractivity contribution in [2.45, 2.75) is 6.92 Å². The number of hydrogen-bond acceptors (Lipinski definition) is 2. The Labute approximate surface area is 77.0 Å². The first-order chi connectivity index (χ1) is 6.27. The molecular weight excluding hydrogens is 162 g/mol. The SMILES string of the molecule is Cc1cn(C)nc1-c1cccnc1. The Morgan fingerprint density at radius 1 is 1.38 bits per heavy atom. The van der Waals surface area contributed by atoms with E-state index in [1.54, 1.807) is 6.20 Å². The lowest BCUT2D eigenvalue weighted by atomic mass is 10.1. The van der Waals surface area contributed by atoms with Gasteiger partial charge in [-0.1, -0.05) is 0 Å². The number of pyridine rings is 1. The van der Waals surface area contributed by atoms with Crippen molar-refractivity contribution in [1.82, 2.24) is 14.8 Å². The van der Waals surface area contributed by atoms with Crippen LogP contribution in [-0.4, -0.2) is 14.8 Å². The summed E-state index contributed by atoms with van der Waals surface area (Å²) in [6.07, 6.45) is 5.60. The average Bonchev–Trinajstić information content (AvgIpc) is 2.47. The predicted molar refractivity (Wildman–Crippen MR) is 51.2 cm³/mol. The zero-order chi connectivity index (χ0) is 9.26. The van der Waals surface area contributed by atoms with Crippen molar-refractivity contribution in [2.24, 2.45) is 7.05 Å². The Balaban J connectivity index is 2.53. The van der Waals surface area contributed by atoms with Crippen LogP contribution in [-0.2, 0) is 7.05 Å². The molecule has 2 heterocycles. The third kappa shape index (κ3) is 1.45. The van der Waals surface area contributed by atoms with Gasteiger partial charge in [0.05, 0.1) is 5.69 Å². The van der Waals surface area contributed by atoms with Gasteiger partial charge in [0.25, 0.3) is 0 Å². The molecule has 3 heteroatoms. The maximum absolute atomic E-state index is 4.36. The van der Waals surface area contributed by atoms with E-state index in [1.165, 1.54) is 5.56 Å². The summed E-state index contributed by atoms with van der Waals surface area (Å²) in [6.45, 7) is 2.05. The molecule has 66 valence electrons. The molecule has 0 bridgehead atoms. The van der Waals surface area contributed by atoms with Gasteiger partial charge in [-0.15, -0.1) is 0 Å². The Hall–Kier alpha value is -1.64. The first-order valence-electron chi connectivity index (χ1n) is 4.18. The monoisotopic (exact) mass is 173 g/mol. The van der Waals surface area contributed by atoms with Gasteiger partial charge in [0.1, 0.15) is 0 Å². The van der Waals surface area contributed by atoms with Gasteiger partial charge in [-0.2, -0.15) is 5.10 Å². The Morgan fingerprint density at radius 3 is 2.77 bits per heavy atom. The van der Waals surface area contributed by atoms with Crippen molar-refractivity contribution >= 4 is 0 Å². The summed E-state index contributed by atoms with van der Waals surface area (Å²) in [5.74, 6) is 0. The molecule has 0 aliphatic heterocycles. The summed E-state index contributed by atoms with van der Waals surface area (Å²) in [7, 11) is 1.92. The number of nitrogens with zero attached hydrogens (tertiary/aromatic N) is 3. The van der Waals surface area contributed by atoms with E-state index in [0.29, 0.717) is 0 Å². The van der Waals surface area contributed by atoms with Crippen LogP contribution in [0.2, 0.25) is 0 Å². The van der Waals surface area contributed by atoms with E-state index >= 15 is 0 Å². The lowest BCUT2D eigenvalue weighted by molar-refractivity contribution is 0.770. The number of aryl methyl sites for hydroxylation is 2. The lowest BCUT2D eigenvalue weighted by Crippen LogP contribution is -1.87. The lowest BCUT2D eigenvalue weighted by Gasteiger charge is -1.95. The smallest absolute Gasteiger partial charge is 0.0967 e. The highest BCUT2D eigenvalue weighted by Crippen LogP contribution is 2.19. The van der Waals surface area contributed by atoms with Crippen molar-refractivity contribution in [3.05, 3.63) is 36.3 Å². The first-order valence-corrected chi connectivity index (χ1v) is 4.18. The molecule has 0 atom stereocenters. The minimum Gasteiger partial charge on any atom is -0.275 e. The maximum Gasteiger partial charge on any atom is 0.0967 e. The van der Waals surface area contributed by atoms with E-state index in [-0.39, 0.29) is 0 Å². The summed E-state index contributed by atoms with van der Waals surface area (Å²) in [5, 5.41) is 4.36. The normalized spacial score (nSPS) is 10.3. The van der Waals surface area contributed by atoms with Crippen LogP contribution in [0.4, 0.5) is 0 Å². The average molecular weight is 173 g/mol. The molecular formula is C10H11N3. The van der Waals surface area contributed by atoms with Gasteiger partial charge in [0.15, 0.2) is 0 Å². The van der Waals surface area contributed by atoms with E-state index in [9.17, 15) is 0 Å². The summed E-state index contributed by atoms with van der Waals surface area (Å²) in [4.78, 5) is 4.06. The summed E-state index contributed by atoms with van der Waals surface area (Å²) >= 11 is 0. The highest BCUT2D eigenvalue weighted by molar-refractivity contribution is 5.60. The van der Waals surface area contributed by atoms with Crippen LogP contribution in [0.15, 0.2) is 30.7 Å². The molecule has 0 spiro atoms. The fourth-order valence-corrected chi connectivity index (χ4v) is 1.40. The molecule has 0 saturated heterocycles. The highest BCUT2D eigenvalue weighted by Gasteiger charge is 2.04. The molecule has 2 rings (SSSR count). The molecule has 13 heavy (non-hydrogen) atoms. The minimum absolute atomic E-state index is 1.01. The fraction of sp³-hybridized carbons (Fsp3) is 0.200. The van der Waals surface area contributed by atoms with E-state index in [1.807, 2.05) is 36.3 Å². The predicted octanol–water partition coefficient (Wildman–Crippen LogP) is 1.79. The molecule has 0 N–H and O–H groups in total. The van der Waals surface area contributed by atoms with Gasteiger partial charge in [-0.3, -0.25) is 9.67 Å². The summed E-state index contributed by atoms with van der Waals surface area (Å²) < 4.78 is 1.82. The molecule has 2 aromatic heterocycles. The van der Waals surface area contributed by atoms with Crippen molar-refractivity contribution in [2.75, 3.05) is 0 Å². The van der Waals surface area contributed by atoms with Crippen LogP contribution in [0.3, 0.4) is 0 Å². The van der Waals surface area contributed by atoms with Crippen molar-refractivity contribution in [1.29, 1.82) is 0 Å². The van der Waals surface area contributed by atoms with Gasteiger partial charge in [-0.25, -0.2) is 0 Å². The van der Waals surface area contributed by atoms with E-state index in [2.05, 4.69) is 17.0 Å². The van der Waals surface area contributed by atoms with Crippen LogP contribution in [0.25, 0.3) is 11.3 Å². The number of hydrogen-bond donors (Lipinski definition) is 0. The third-order valence-corrected chi connectivity index (χ3v) is 1.95. The number of rotatable bonds is 1. The Kier molecular flexibility index (Phi) is 1.85. The third-order valence-electron chi connectivity index (χ3n) is 1.95. The largest absolute Gasteiger partial charge is 0.275 e. The summed E-state index contributed by atoms with van der Waals surface area (Å²) in [6, 6.07) is 3.94. The van der Waals surface area contributed by atoms with Crippen LogP contribution >= 0.6 is 0 Å². The molecule has 0 aromatic carbocycles. The van der Waals surface area contributed by atoms with Crippen LogP contribution in [0.1, 0.15) is 5.56 Å². The van der Waals surface area contributed by atoms with Gasteiger partial charge >= 0.3 is 0 Å². The highest BCUT2D eigenvalue weighted by atomic mass is 15.2. The number of aromatic nitrogens is 3. The molecule has 3 nitrogen and oxygen atoms in total. The van der Waals surface area contributed by atoms with Crippen LogP contribution in [0.5, 0.6) is 0 Å². The molecule has 0 unspecified atom stereocenters. The molecule has 0 amide bonds. The van der Waals surface area contributed by atoms with E-state index in [0.717, 1.165) is 11.3 Å². The topological polar surface area (TPSA) is 30.7 Å². The molecule has 0 aliphatic rings. The molecule has 2 aromatic rings. The van der Waals surface area contributed by atoms with Crippen molar-refractivity contribution in [3.8, 4) is 11.3 Å². The first kappa shape index (κ1) is 7.98. The second-order valence-corrected chi connectivity index (χ2v) is 3.08. The van der Waals surface area contributed by atoms with Gasteiger partial charge < -0.3 is 0 Å². The summed E-state index contributed by atoms with van der Waals surface area (Å²) in [5.41, 5.74) is 3.26. The fourth-order valence-electron chi connectivity index (χ4n) is 1.40. The quantitative estimate of drug-likeness (QED) is 0.658. The molecule has 0 saturated carbocycles. The second-order valence-electron chi connectivity index (χ2n) is 3.08. The van der Waals surface area contributed by atoms with Crippen LogP contribution in [0, 0.1) is 6.92 Å². The van der Waals surface area contributed by atoms with E-state index in [4.69, 9.17) is 0 Å². The minimum atomic E-state index is 1.01. The van der Waals surface area contributed by atoms with Gasteiger partial charge in [0.2, 0.25) is 0 Å². The zero-order valence-electron chi connectivity index (χ0n) is 7.73. The maximum atomic E-state index is 4.36. The molecule has 0 radical (unpaired) electrons. The van der Waals surface area contributed by atoms with Gasteiger partial charge in [0, 0.05) is 31.2 Å². The molecule has 0 aliphatic carbocycles. The molecule has 0 fully saturated rings.